The molecule has 0 saturated heterocycles. The van der Waals surface area contributed by atoms with Crippen LogP contribution in [0.5, 0.6) is 11.5 Å². The summed E-state index contributed by atoms with van der Waals surface area (Å²) < 4.78 is 27.2. The van der Waals surface area contributed by atoms with Gasteiger partial charge in [0, 0.05) is 53.8 Å². The van der Waals surface area contributed by atoms with E-state index in [2.05, 4.69) is 20.3 Å². The van der Waals surface area contributed by atoms with Crippen LogP contribution in [0, 0.1) is 12.7 Å². The fourth-order valence-corrected chi connectivity index (χ4v) is 3.78. The number of benzene rings is 1. The van der Waals surface area contributed by atoms with E-state index < -0.39 is 0 Å². The Hall–Kier alpha value is -3.68. The zero-order chi connectivity index (χ0) is 20.7. The summed E-state index contributed by atoms with van der Waals surface area (Å²) in [6.45, 7) is 2.81. The minimum Gasteiger partial charge on any atom is -0.495 e. The lowest BCUT2D eigenvalue weighted by Crippen LogP contribution is -2.09. The number of pyridine rings is 1. The average molecular weight is 405 g/mol. The van der Waals surface area contributed by atoms with Crippen LogP contribution in [-0.4, -0.2) is 33.1 Å². The summed E-state index contributed by atoms with van der Waals surface area (Å²) in [4.78, 5) is 13.5. The molecule has 1 N–H and O–H groups in total. The van der Waals surface area contributed by atoms with Gasteiger partial charge >= 0.3 is 0 Å². The van der Waals surface area contributed by atoms with E-state index in [0.717, 1.165) is 33.8 Å². The van der Waals surface area contributed by atoms with Crippen molar-refractivity contribution in [3.05, 3.63) is 65.6 Å². The second-order valence-corrected chi connectivity index (χ2v) is 7.14. The molecule has 4 heterocycles. The maximum absolute atomic E-state index is 14.5. The Morgan fingerprint density at radius 3 is 3.03 bits per heavy atom. The Morgan fingerprint density at radius 1 is 1.27 bits per heavy atom. The van der Waals surface area contributed by atoms with Gasteiger partial charge in [0.25, 0.3) is 0 Å². The zero-order valence-electron chi connectivity index (χ0n) is 16.6. The number of hydrogen-bond donors (Lipinski definition) is 1. The van der Waals surface area contributed by atoms with E-state index in [-0.39, 0.29) is 5.82 Å². The zero-order valence-corrected chi connectivity index (χ0v) is 16.6. The topological polar surface area (TPSA) is 73.6 Å². The Labute approximate surface area is 172 Å². The molecular weight excluding hydrogens is 385 g/mol. The third-order valence-electron chi connectivity index (χ3n) is 5.24. The number of nitrogens with one attached hydrogen (secondary N) is 1. The summed E-state index contributed by atoms with van der Waals surface area (Å²) in [5.74, 6) is 1.75. The molecule has 0 aliphatic carbocycles. The first-order chi connectivity index (χ1) is 14.6. The molecule has 1 aliphatic heterocycles. The molecule has 0 unspecified atom stereocenters. The lowest BCUT2D eigenvalue weighted by atomic mass is 10.0. The van der Waals surface area contributed by atoms with Crippen LogP contribution in [0.2, 0.25) is 0 Å². The molecule has 152 valence electrons. The van der Waals surface area contributed by atoms with Gasteiger partial charge in [0.05, 0.1) is 25.6 Å². The van der Waals surface area contributed by atoms with E-state index in [1.54, 1.807) is 31.8 Å². The quantitative estimate of drug-likeness (QED) is 0.545. The van der Waals surface area contributed by atoms with E-state index in [9.17, 15) is 4.39 Å². The minimum absolute atomic E-state index is 0.246. The van der Waals surface area contributed by atoms with Crippen LogP contribution in [0.15, 0.2) is 43.0 Å². The van der Waals surface area contributed by atoms with Crippen molar-refractivity contribution in [2.45, 2.75) is 19.9 Å². The molecule has 0 saturated carbocycles. The van der Waals surface area contributed by atoms with Gasteiger partial charge in [0.2, 0.25) is 5.95 Å². The van der Waals surface area contributed by atoms with E-state index in [0.29, 0.717) is 36.8 Å². The molecule has 0 atom stereocenters. The summed E-state index contributed by atoms with van der Waals surface area (Å²) >= 11 is 0. The molecule has 0 spiro atoms. The maximum atomic E-state index is 14.5. The van der Waals surface area contributed by atoms with E-state index in [1.807, 2.05) is 23.6 Å². The standard InChI is InChI=1S/C22H20FN5O2/c1-13-12-28-21(27-13)17(14-7-15(29-2)9-24-8-14)10-25-22(28)26-11-18-16-5-6-30-20(16)4-3-19(18)23/h3-4,7-10,12H,5-6,11H2,1-2H3,(H,25,26). The number of halogens is 1. The fourth-order valence-electron chi connectivity index (χ4n) is 3.78. The highest BCUT2D eigenvalue weighted by molar-refractivity contribution is 5.78. The number of aromatic nitrogens is 4. The van der Waals surface area contributed by atoms with Crippen LogP contribution >= 0.6 is 0 Å². The van der Waals surface area contributed by atoms with Crippen molar-refractivity contribution >= 4 is 11.6 Å². The first kappa shape index (κ1) is 18.4. The van der Waals surface area contributed by atoms with Crippen LogP contribution in [0.3, 0.4) is 0 Å². The Bertz CT molecular complexity index is 1250. The van der Waals surface area contributed by atoms with Crippen molar-refractivity contribution in [2.24, 2.45) is 0 Å². The smallest absolute Gasteiger partial charge is 0.208 e. The van der Waals surface area contributed by atoms with Crippen LogP contribution < -0.4 is 14.8 Å². The summed E-state index contributed by atoms with van der Waals surface area (Å²) in [7, 11) is 1.60. The van der Waals surface area contributed by atoms with E-state index >= 15 is 0 Å². The summed E-state index contributed by atoms with van der Waals surface area (Å²) in [5.41, 5.74) is 4.80. The normalized spacial score (nSPS) is 12.6. The number of anilines is 1. The third-order valence-corrected chi connectivity index (χ3v) is 5.24. The highest BCUT2D eigenvalue weighted by atomic mass is 19.1. The number of imidazole rings is 1. The molecule has 5 rings (SSSR count). The predicted molar refractivity (Wildman–Crippen MR) is 110 cm³/mol. The fraction of sp³-hybridized carbons (Fsp3) is 0.227. The van der Waals surface area contributed by atoms with Crippen molar-refractivity contribution in [1.29, 1.82) is 0 Å². The molecule has 0 amide bonds. The van der Waals surface area contributed by atoms with Gasteiger partial charge in [-0.05, 0) is 25.1 Å². The van der Waals surface area contributed by atoms with Crippen molar-refractivity contribution in [1.82, 2.24) is 19.4 Å². The number of ether oxygens (including phenoxy) is 2. The van der Waals surface area contributed by atoms with Crippen LogP contribution in [-0.2, 0) is 13.0 Å². The van der Waals surface area contributed by atoms with Gasteiger partial charge in [0.1, 0.15) is 23.0 Å². The number of fused-ring (bicyclic) bond motifs is 2. The molecule has 4 aromatic rings. The minimum atomic E-state index is -0.246. The van der Waals surface area contributed by atoms with Crippen molar-refractivity contribution < 1.29 is 13.9 Å². The molecule has 0 fully saturated rings. The molecular formula is C22H20FN5O2. The summed E-state index contributed by atoms with van der Waals surface area (Å²) in [6.07, 6.45) is 7.75. The van der Waals surface area contributed by atoms with Gasteiger partial charge in [0.15, 0.2) is 0 Å². The summed E-state index contributed by atoms with van der Waals surface area (Å²) in [6, 6.07) is 5.03. The second-order valence-electron chi connectivity index (χ2n) is 7.14. The first-order valence-electron chi connectivity index (χ1n) is 9.65. The molecule has 30 heavy (non-hydrogen) atoms. The Balaban J connectivity index is 1.52. The van der Waals surface area contributed by atoms with Crippen LogP contribution in [0.1, 0.15) is 16.8 Å². The SMILES string of the molecule is COc1cncc(-c2cnc(NCc3c(F)ccc4c3CCO4)n3cc(C)nc23)c1. The molecule has 7 nitrogen and oxygen atoms in total. The first-order valence-corrected chi connectivity index (χ1v) is 9.65. The van der Waals surface area contributed by atoms with Crippen molar-refractivity contribution in [3.8, 4) is 22.6 Å². The predicted octanol–water partition coefficient (Wildman–Crippen LogP) is 3.79. The van der Waals surface area contributed by atoms with Gasteiger partial charge in [-0.2, -0.15) is 0 Å². The van der Waals surface area contributed by atoms with E-state index in [4.69, 9.17) is 9.47 Å². The second kappa shape index (κ2) is 7.29. The number of nitrogens with zero attached hydrogens (tertiary/aromatic N) is 4. The number of aryl methyl sites for hydroxylation is 1. The molecule has 1 aromatic carbocycles. The largest absolute Gasteiger partial charge is 0.495 e. The molecule has 8 heteroatoms. The average Bonchev–Trinajstić information content (AvgIpc) is 3.39. The number of methoxy groups -OCH3 is 1. The Kier molecular flexibility index (Phi) is 4.46. The number of rotatable bonds is 5. The van der Waals surface area contributed by atoms with Gasteiger partial charge in [-0.3, -0.25) is 9.38 Å². The molecule has 3 aromatic heterocycles. The van der Waals surface area contributed by atoms with Gasteiger partial charge < -0.3 is 14.8 Å². The maximum Gasteiger partial charge on any atom is 0.208 e. The highest BCUT2D eigenvalue weighted by Gasteiger charge is 2.20. The van der Waals surface area contributed by atoms with Crippen molar-refractivity contribution in [2.75, 3.05) is 19.0 Å². The molecule has 0 bridgehead atoms. The molecule has 0 radical (unpaired) electrons. The van der Waals surface area contributed by atoms with E-state index in [1.165, 1.54) is 6.07 Å². The number of hydrogen-bond acceptors (Lipinski definition) is 6. The van der Waals surface area contributed by atoms with Gasteiger partial charge in [-0.25, -0.2) is 14.4 Å². The lowest BCUT2D eigenvalue weighted by Gasteiger charge is -2.13. The Morgan fingerprint density at radius 2 is 2.17 bits per heavy atom. The third kappa shape index (κ3) is 3.10. The van der Waals surface area contributed by atoms with Gasteiger partial charge in [-0.15, -0.1) is 0 Å². The van der Waals surface area contributed by atoms with Crippen LogP contribution in [0.25, 0.3) is 16.8 Å². The monoisotopic (exact) mass is 405 g/mol. The summed E-state index contributed by atoms with van der Waals surface area (Å²) in [5, 5.41) is 3.27. The highest BCUT2D eigenvalue weighted by Crippen LogP contribution is 2.31. The molecule has 1 aliphatic rings. The van der Waals surface area contributed by atoms with Crippen molar-refractivity contribution in [3.63, 3.8) is 0 Å². The lowest BCUT2D eigenvalue weighted by molar-refractivity contribution is 0.356. The van der Waals surface area contributed by atoms with Gasteiger partial charge in [-0.1, -0.05) is 0 Å². The van der Waals surface area contributed by atoms with Crippen LogP contribution in [0.4, 0.5) is 10.3 Å².